The minimum absolute atomic E-state index is 0.0551. The molecule has 1 fully saturated rings. The van der Waals surface area contributed by atoms with Crippen molar-refractivity contribution in [2.45, 2.75) is 31.1 Å². The molecule has 1 saturated heterocycles. The van der Waals surface area contributed by atoms with E-state index in [4.69, 9.17) is 0 Å². The zero-order valence-electron chi connectivity index (χ0n) is 13.5. The second kappa shape index (κ2) is 8.44. The number of benzene rings is 1. The first-order valence-electron chi connectivity index (χ1n) is 8.00. The lowest BCUT2D eigenvalue weighted by Gasteiger charge is -2.30. The highest BCUT2D eigenvalue weighted by Crippen LogP contribution is 2.15. The molecule has 0 aliphatic carbocycles. The van der Waals surface area contributed by atoms with E-state index < -0.39 is 10.8 Å². The zero-order chi connectivity index (χ0) is 15.9. The fraction of sp³-hybridized carbons (Fsp3) is 0.588. The largest absolute Gasteiger partial charge is 0.352 e. The predicted octanol–water partition coefficient (Wildman–Crippen LogP) is 2.28. The zero-order valence-corrected chi connectivity index (χ0v) is 14.3. The van der Waals surface area contributed by atoms with Crippen LogP contribution in [0.25, 0.3) is 0 Å². The van der Waals surface area contributed by atoms with Gasteiger partial charge in [0.15, 0.2) is 0 Å². The summed E-state index contributed by atoms with van der Waals surface area (Å²) in [6.45, 7) is 6.43. The molecular weight excluding hydrogens is 296 g/mol. The van der Waals surface area contributed by atoms with Crippen LogP contribution in [-0.4, -0.2) is 47.5 Å². The lowest BCUT2D eigenvalue weighted by Crippen LogP contribution is -2.36. The minimum Gasteiger partial charge on any atom is -0.352 e. The lowest BCUT2D eigenvalue weighted by molar-refractivity contribution is 0.0950. The molecule has 1 heterocycles. The number of carbonyl (C=O) groups excluding carboxylic acids is 1. The summed E-state index contributed by atoms with van der Waals surface area (Å²) < 4.78 is 11.3. The summed E-state index contributed by atoms with van der Waals surface area (Å²) in [6, 6.07) is 6.97. The quantitative estimate of drug-likeness (QED) is 0.818. The van der Waals surface area contributed by atoms with Crippen LogP contribution in [0.1, 0.15) is 36.5 Å². The predicted molar refractivity (Wildman–Crippen MR) is 90.6 cm³/mol. The molecule has 0 radical (unpaired) electrons. The maximum absolute atomic E-state index is 12.0. The molecule has 1 aliphatic heterocycles. The first-order valence-corrected chi connectivity index (χ1v) is 9.56. The highest BCUT2D eigenvalue weighted by atomic mass is 32.2. The molecule has 1 N–H and O–H groups in total. The Kier molecular flexibility index (Phi) is 6.58. The summed E-state index contributed by atoms with van der Waals surface area (Å²) >= 11 is 0. The number of likely N-dealkylation sites (tertiary alicyclic amines) is 1. The summed E-state index contributed by atoms with van der Waals surface area (Å²) in [5.74, 6) is 0.742. The molecular formula is C17H26N2O2S. The number of nitrogens with one attached hydrogen (secondary N) is 1. The van der Waals surface area contributed by atoms with E-state index in [9.17, 15) is 9.00 Å². The molecule has 1 amide bonds. The first-order chi connectivity index (χ1) is 10.6. The second-order valence-corrected chi connectivity index (χ2v) is 7.52. The van der Waals surface area contributed by atoms with Crippen LogP contribution < -0.4 is 5.32 Å². The van der Waals surface area contributed by atoms with Gasteiger partial charge in [0.25, 0.3) is 5.91 Å². The van der Waals surface area contributed by atoms with Crippen LogP contribution in [0.5, 0.6) is 0 Å². The van der Waals surface area contributed by atoms with Gasteiger partial charge in [0.05, 0.1) is 0 Å². The van der Waals surface area contributed by atoms with E-state index in [-0.39, 0.29) is 5.91 Å². The molecule has 0 aromatic heterocycles. The van der Waals surface area contributed by atoms with Crippen LogP contribution >= 0.6 is 0 Å². The first kappa shape index (κ1) is 17.2. The van der Waals surface area contributed by atoms with E-state index in [1.165, 1.54) is 25.9 Å². The van der Waals surface area contributed by atoms with E-state index >= 15 is 0 Å². The van der Waals surface area contributed by atoms with Crippen LogP contribution in [0.3, 0.4) is 0 Å². The van der Waals surface area contributed by atoms with E-state index in [1.54, 1.807) is 30.5 Å². The van der Waals surface area contributed by atoms with Crippen molar-refractivity contribution in [3.05, 3.63) is 29.8 Å². The SMILES string of the molecule is CC1CCCN(CCCNC(=O)c2ccc(S(C)=O)cc2)C1. The number of rotatable bonds is 6. The molecule has 1 aliphatic rings. The number of carbonyl (C=O) groups is 1. The number of hydrogen-bond acceptors (Lipinski definition) is 3. The van der Waals surface area contributed by atoms with Gasteiger partial charge in [0.1, 0.15) is 0 Å². The Morgan fingerprint density at radius 1 is 1.36 bits per heavy atom. The third-order valence-corrected chi connectivity index (χ3v) is 5.06. The van der Waals surface area contributed by atoms with Crippen molar-refractivity contribution in [3.63, 3.8) is 0 Å². The van der Waals surface area contributed by atoms with Crippen molar-refractivity contribution in [1.29, 1.82) is 0 Å². The summed E-state index contributed by atoms with van der Waals surface area (Å²) in [5, 5.41) is 2.96. The topological polar surface area (TPSA) is 49.4 Å². The van der Waals surface area contributed by atoms with E-state index in [0.717, 1.165) is 23.8 Å². The van der Waals surface area contributed by atoms with Crippen molar-refractivity contribution in [2.75, 3.05) is 32.4 Å². The van der Waals surface area contributed by atoms with Gasteiger partial charge in [-0.05, 0) is 62.5 Å². The Bertz CT molecular complexity index is 516. The highest BCUT2D eigenvalue weighted by molar-refractivity contribution is 7.84. The molecule has 0 spiro atoms. The van der Waals surface area contributed by atoms with Gasteiger partial charge in [-0.1, -0.05) is 6.92 Å². The van der Waals surface area contributed by atoms with Gasteiger partial charge in [-0.15, -0.1) is 0 Å². The molecule has 2 unspecified atom stereocenters. The van der Waals surface area contributed by atoms with E-state index in [2.05, 4.69) is 17.1 Å². The summed E-state index contributed by atoms with van der Waals surface area (Å²) in [4.78, 5) is 15.3. The minimum atomic E-state index is -1.00. The Balaban J connectivity index is 1.70. The molecule has 1 aromatic carbocycles. The third-order valence-electron chi connectivity index (χ3n) is 4.13. The van der Waals surface area contributed by atoms with E-state index in [0.29, 0.717) is 12.1 Å². The molecule has 0 bridgehead atoms. The molecule has 1 aromatic rings. The average molecular weight is 322 g/mol. The van der Waals surface area contributed by atoms with Gasteiger partial charge in [0.2, 0.25) is 0 Å². The highest BCUT2D eigenvalue weighted by Gasteiger charge is 2.15. The van der Waals surface area contributed by atoms with Crippen molar-refractivity contribution in [3.8, 4) is 0 Å². The van der Waals surface area contributed by atoms with Crippen LogP contribution in [0, 0.1) is 5.92 Å². The summed E-state index contributed by atoms with van der Waals surface area (Å²) in [6.07, 6.45) is 5.25. The lowest BCUT2D eigenvalue weighted by atomic mass is 10.0. The number of hydrogen-bond donors (Lipinski definition) is 1. The van der Waals surface area contributed by atoms with Gasteiger partial charge < -0.3 is 10.2 Å². The molecule has 122 valence electrons. The summed E-state index contributed by atoms with van der Waals surface area (Å²) in [5.41, 5.74) is 0.626. The Morgan fingerprint density at radius 3 is 2.73 bits per heavy atom. The van der Waals surface area contributed by atoms with Gasteiger partial charge in [-0.25, -0.2) is 0 Å². The van der Waals surface area contributed by atoms with Crippen LogP contribution in [0.15, 0.2) is 29.2 Å². The van der Waals surface area contributed by atoms with Gasteiger partial charge in [-0.3, -0.25) is 9.00 Å². The fourth-order valence-electron chi connectivity index (χ4n) is 2.89. The number of nitrogens with zero attached hydrogens (tertiary/aromatic N) is 1. The molecule has 22 heavy (non-hydrogen) atoms. The molecule has 4 nitrogen and oxygen atoms in total. The van der Waals surface area contributed by atoms with Crippen LogP contribution in [-0.2, 0) is 10.8 Å². The van der Waals surface area contributed by atoms with Crippen molar-refractivity contribution < 1.29 is 9.00 Å². The number of piperidine rings is 1. The van der Waals surface area contributed by atoms with E-state index in [1.807, 2.05) is 0 Å². The Labute approximate surface area is 135 Å². The molecule has 0 saturated carbocycles. The van der Waals surface area contributed by atoms with Crippen molar-refractivity contribution in [2.24, 2.45) is 5.92 Å². The standard InChI is InChI=1S/C17H26N2O2S/c1-14-5-3-11-19(13-14)12-4-10-18-17(20)15-6-8-16(9-7-15)22(2)21/h6-9,14H,3-5,10-13H2,1-2H3,(H,18,20). The maximum atomic E-state index is 12.0. The Morgan fingerprint density at radius 2 is 2.09 bits per heavy atom. The number of amides is 1. The Hall–Kier alpha value is -1.20. The normalized spacial score (nSPS) is 20.5. The molecule has 5 heteroatoms. The maximum Gasteiger partial charge on any atom is 0.251 e. The molecule has 2 rings (SSSR count). The fourth-order valence-corrected chi connectivity index (χ4v) is 3.41. The van der Waals surface area contributed by atoms with Crippen molar-refractivity contribution >= 4 is 16.7 Å². The molecule has 2 atom stereocenters. The van der Waals surface area contributed by atoms with Crippen LogP contribution in [0.4, 0.5) is 0 Å². The monoisotopic (exact) mass is 322 g/mol. The van der Waals surface area contributed by atoms with Gasteiger partial charge in [0, 0.05) is 40.6 Å². The van der Waals surface area contributed by atoms with Gasteiger partial charge in [-0.2, -0.15) is 0 Å². The van der Waals surface area contributed by atoms with Crippen LogP contribution in [0.2, 0.25) is 0 Å². The van der Waals surface area contributed by atoms with Crippen molar-refractivity contribution in [1.82, 2.24) is 10.2 Å². The average Bonchev–Trinajstić information content (AvgIpc) is 2.51. The third kappa shape index (κ3) is 5.21. The smallest absolute Gasteiger partial charge is 0.251 e. The summed E-state index contributed by atoms with van der Waals surface area (Å²) in [7, 11) is -1.00. The van der Waals surface area contributed by atoms with Gasteiger partial charge >= 0.3 is 0 Å². The second-order valence-electron chi connectivity index (χ2n) is 6.14.